The molecule has 1 heterocycles. The van der Waals surface area contributed by atoms with Crippen molar-refractivity contribution < 1.29 is 9.47 Å². The lowest BCUT2D eigenvalue weighted by Gasteiger charge is -2.63. The average molecular weight is 457 g/mol. The maximum absolute atomic E-state index is 6.34. The second-order valence-corrected chi connectivity index (χ2v) is 14.3. The molecule has 0 aromatic carbocycles. The molecule has 0 unspecified atom stereocenters. The van der Waals surface area contributed by atoms with Gasteiger partial charge in [-0.2, -0.15) is 0 Å². The molecule has 0 aromatic heterocycles. The van der Waals surface area contributed by atoms with E-state index in [0.717, 1.165) is 55.1 Å². The van der Waals surface area contributed by atoms with Crippen molar-refractivity contribution in [1.82, 2.24) is 0 Å². The summed E-state index contributed by atoms with van der Waals surface area (Å²) in [6.45, 7) is 19.0. The van der Waals surface area contributed by atoms with Crippen LogP contribution in [0, 0.1) is 51.8 Å². The maximum atomic E-state index is 6.34. The molecule has 0 aromatic rings. The van der Waals surface area contributed by atoms with Gasteiger partial charge < -0.3 is 9.47 Å². The zero-order valence-corrected chi connectivity index (χ0v) is 22.8. The van der Waals surface area contributed by atoms with Gasteiger partial charge in [0, 0.05) is 11.8 Å². The first-order valence-electron chi connectivity index (χ1n) is 14.5. The Labute approximate surface area is 204 Å². The third-order valence-corrected chi connectivity index (χ3v) is 12.0. The number of allylic oxidation sites excluding steroid dienone is 1. The van der Waals surface area contributed by atoms with Gasteiger partial charge in [-0.1, -0.05) is 79.4 Å². The molecule has 5 rings (SSSR count). The van der Waals surface area contributed by atoms with Crippen LogP contribution >= 0.6 is 0 Å². The molecule has 0 bridgehead atoms. The molecular formula is C31H52O2. The standard InChI is InChI=1S/C31H52O2/c1-21(2)9-8-10-22(3)24-12-13-25-23-11-14-27-28(4,5)31(32-19-20-33-31)18-17-30(27,7)26(23)15-16-29(24,25)6/h14,21-26H,8-13,15-20H2,1-7H3/t22-,23+,24-,25+,26+,29-,30-/m1/s1. The first-order valence-corrected chi connectivity index (χ1v) is 14.5. The number of ether oxygens (including phenoxy) is 2. The van der Waals surface area contributed by atoms with Crippen molar-refractivity contribution in [2.75, 3.05) is 13.2 Å². The fourth-order valence-corrected chi connectivity index (χ4v) is 10.3. The van der Waals surface area contributed by atoms with Gasteiger partial charge in [0.2, 0.25) is 0 Å². The monoisotopic (exact) mass is 456 g/mol. The summed E-state index contributed by atoms with van der Waals surface area (Å²) < 4.78 is 12.7. The zero-order chi connectivity index (χ0) is 23.6. The van der Waals surface area contributed by atoms with E-state index in [-0.39, 0.29) is 11.2 Å². The zero-order valence-electron chi connectivity index (χ0n) is 22.8. The second kappa shape index (κ2) is 8.36. The van der Waals surface area contributed by atoms with E-state index in [2.05, 4.69) is 54.5 Å². The molecule has 1 aliphatic heterocycles. The fraction of sp³-hybridized carbons (Fsp3) is 0.935. The molecule has 4 fully saturated rings. The minimum atomic E-state index is -0.377. The lowest BCUT2D eigenvalue weighted by Crippen LogP contribution is -2.59. The number of hydrogen-bond acceptors (Lipinski definition) is 2. The van der Waals surface area contributed by atoms with Gasteiger partial charge in [0.05, 0.1) is 13.2 Å². The Kier molecular flexibility index (Phi) is 6.17. The van der Waals surface area contributed by atoms with E-state index in [4.69, 9.17) is 9.47 Å². The van der Waals surface area contributed by atoms with E-state index in [1.165, 1.54) is 57.8 Å². The van der Waals surface area contributed by atoms with Crippen LogP contribution in [0.1, 0.15) is 113 Å². The molecule has 2 heteroatoms. The molecule has 0 amide bonds. The molecule has 7 atom stereocenters. The van der Waals surface area contributed by atoms with Gasteiger partial charge in [0.25, 0.3) is 0 Å². The van der Waals surface area contributed by atoms with Crippen LogP contribution in [0.2, 0.25) is 0 Å². The largest absolute Gasteiger partial charge is 0.347 e. The lowest BCUT2D eigenvalue weighted by molar-refractivity contribution is -0.246. The molecule has 1 saturated heterocycles. The van der Waals surface area contributed by atoms with Crippen LogP contribution in [0.4, 0.5) is 0 Å². The highest BCUT2D eigenvalue weighted by Crippen LogP contribution is 2.70. The third-order valence-electron chi connectivity index (χ3n) is 12.0. The lowest BCUT2D eigenvalue weighted by atomic mass is 9.43. The highest BCUT2D eigenvalue weighted by atomic mass is 16.7. The smallest absolute Gasteiger partial charge is 0.177 e. The van der Waals surface area contributed by atoms with Gasteiger partial charge in [-0.3, -0.25) is 0 Å². The average Bonchev–Trinajstić information content (AvgIpc) is 3.36. The molecular weight excluding hydrogens is 404 g/mol. The summed E-state index contributed by atoms with van der Waals surface area (Å²) in [5, 5.41) is 0. The topological polar surface area (TPSA) is 18.5 Å². The summed E-state index contributed by atoms with van der Waals surface area (Å²) in [5.41, 5.74) is 2.55. The molecule has 33 heavy (non-hydrogen) atoms. The van der Waals surface area contributed by atoms with Crippen LogP contribution in [-0.4, -0.2) is 19.0 Å². The van der Waals surface area contributed by atoms with Crippen molar-refractivity contribution in [2.45, 2.75) is 118 Å². The minimum absolute atomic E-state index is 0.0225. The molecule has 2 nitrogen and oxygen atoms in total. The second-order valence-electron chi connectivity index (χ2n) is 14.3. The van der Waals surface area contributed by atoms with Crippen LogP contribution < -0.4 is 0 Å². The number of rotatable bonds is 5. The maximum Gasteiger partial charge on any atom is 0.177 e. The van der Waals surface area contributed by atoms with Crippen molar-refractivity contribution in [1.29, 1.82) is 0 Å². The predicted molar refractivity (Wildman–Crippen MR) is 137 cm³/mol. The fourth-order valence-electron chi connectivity index (χ4n) is 10.3. The number of fused-ring (bicyclic) bond motifs is 5. The van der Waals surface area contributed by atoms with E-state index in [0.29, 0.717) is 10.8 Å². The molecule has 0 N–H and O–H groups in total. The van der Waals surface area contributed by atoms with Gasteiger partial charge in [0.15, 0.2) is 5.79 Å². The molecule has 4 aliphatic carbocycles. The van der Waals surface area contributed by atoms with E-state index >= 15 is 0 Å². The Hall–Kier alpha value is -0.340. The summed E-state index contributed by atoms with van der Waals surface area (Å²) in [4.78, 5) is 0. The quantitative estimate of drug-likeness (QED) is 0.387. The summed E-state index contributed by atoms with van der Waals surface area (Å²) in [5.74, 6) is 4.98. The summed E-state index contributed by atoms with van der Waals surface area (Å²) >= 11 is 0. The molecule has 188 valence electrons. The van der Waals surface area contributed by atoms with Crippen molar-refractivity contribution in [3.63, 3.8) is 0 Å². The van der Waals surface area contributed by atoms with Crippen LogP contribution in [0.5, 0.6) is 0 Å². The Bertz CT molecular complexity index is 759. The molecule has 0 radical (unpaired) electrons. The normalized spacial score (nSPS) is 44.3. The van der Waals surface area contributed by atoms with Crippen LogP contribution in [-0.2, 0) is 9.47 Å². The third kappa shape index (κ3) is 3.54. The van der Waals surface area contributed by atoms with Gasteiger partial charge in [0.1, 0.15) is 0 Å². The van der Waals surface area contributed by atoms with E-state index < -0.39 is 0 Å². The highest BCUT2D eigenvalue weighted by Gasteiger charge is 2.65. The van der Waals surface area contributed by atoms with Gasteiger partial charge in [-0.25, -0.2) is 0 Å². The highest BCUT2D eigenvalue weighted by molar-refractivity contribution is 5.33. The Balaban J connectivity index is 1.37. The molecule has 3 saturated carbocycles. The van der Waals surface area contributed by atoms with E-state index in [1.807, 2.05) is 0 Å². The molecule has 1 spiro atoms. The summed E-state index contributed by atoms with van der Waals surface area (Å²) in [7, 11) is 0. The summed E-state index contributed by atoms with van der Waals surface area (Å²) in [6.07, 6.45) is 16.4. The number of hydrogen-bond donors (Lipinski definition) is 0. The first kappa shape index (κ1) is 24.4. The molecule has 5 aliphatic rings. The Morgan fingerprint density at radius 2 is 1.61 bits per heavy atom. The van der Waals surface area contributed by atoms with Gasteiger partial charge in [-0.05, 0) is 84.9 Å². The van der Waals surface area contributed by atoms with Gasteiger partial charge >= 0.3 is 0 Å². The van der Waals surface area contributed by atoms with Crippen LogP contribution in [0.25, 0.3) is 0 Å². The van der Waals surface area contributed by atoms with E-state index in [9.17, 15) is 0 Å². The predicted octanol–water partition coefficient (Wildman–Crippen LogP) is 8.41. The van der Waals surface area contributed by atoms with Crippen LogP contribution in [0.15, 0.2) is 11.6 Å². The van der Waals surface area contributed by atoms with Crippen molar-refractivity contribution in [2.24, 2.45) is 51.8 Å². The Morgan fingerprint density at radius 1 is 0.879 bits per heavy atom. The van der Waals surface area contributed by atoms with Gasteiger partial charge in [-0.15, -0.1) is 0 Å². The summed E-state index contributed by atoms with van der Waals surface area (Å²) in [6, 6.07) is 0. The van der Waals surface area contributed by atoms with Crippen LogP contribution in [0.3, 0.4) is 0 Å². The van der Waals surface area contributed by atoms with E-state index in [1.54, 1.807) is 5.57 Å². The van der Waals surface area contributed by atoms with Crippen molar-refractivity contribution in [3.8, 4) is 0 Å². The first-order chi connectivity index (χ1) is 15.6. The van der Waals surface area contributed by atoms with Crippen molar-refractivity contribution >= 4 is 0 Å². The van der Waals surface area contributed by atoms with Crippen molar-refractivity contribution in [3.05, 3.63) is 11.6 Å². The SMILES string of the molecule is CC(C)CCC[C@@H](C)[C@H]1CC[C@H]2[C@@H]3CC=C4C(C)(C)C5(CC[C@]4(C)[C@H]3CC[C@]12C)OCCO5. The minimum Gasteiger partial charge on any atom is -0.347 e. The Morgan fingerprint density at radius 3 is 2.30 bits per heavy atom.